The summed E-state index contributed by atoms with van der Waals surface area (Å²) in [6, 6.07) is 6.68. The van der Waals surface area contributed by atoms with Crippen molar-refractivity contribution < 1.29 is 33.6 Å². The summed E-state index contributed by atoms with van der Waals surface area (Å²) >= 11 is 0. The zero-order valence-electron chi connectivity index (χ0n) is 21.6. The van der Waals surface area contributed by atoms with Crippen molar-refractivity contribution in [2.75, 3.05) is 21.1 Å². The van der Waals surface area contributed by atoms with Gasteiger partial charge in [-0.05, 0) is 42.1 Å². The van der Waals surface area contributed by atoms with Crippen LogP contribution in [0.3, 0.4) is 0 Å². The average Bonchev–Trinajstić information content (AvgIpc) is 2.89. The van der Waals surface area contributed by atoms with Crippen LogP contribution in [0, 0.1) is 0 Å². The predicted molar refractivity (Wildman–Crippen MR) is 135 cm³/mol. The summed E-state index contributed by atoms with van der Waals surface area (Å²) in [5.41, 5.74) is 5.07. The molecular weight excluding hydrogens is 511 g/mol. The minimum atomic E-state index is -1.87. The van der Waals surface area contributed by atoms with Crippen molar-refractivity contribution >= 4 is 25.2 Å². The summed E-state index contributed by atoms with van der Waals surface area (Å²) in [4.78, 5) is 0. The molecule has 5 heteroatoms. The highest BCUT2D eigenvalue weighted by molar-refractivity contribution is 6.82. The first-order chi connectivity index (χ1) is 13.6. The van der Waals surface area contributed by atoms with Gasteiger partial charge < -0.3 is 37.8 Å². The Bertz CT molecular complexity index is 877. The molecule has 31 heavy (non-hydrogen) atoms. The van der Waals surface area contributed by atoms with Gasteiger partial charge in [0.15, 0.2) is 8.24 Å². The van der Waals surface area contributed by atoms with Crippen LogP contribution in [-0.2, 0) is 6.54 Å². The standard InChI is InChI=1S/C26H45N2OSi.HI/c1-19(2)30(20(3)4,21(5)6)27-17-23(18-28(9,10)11)25-22(13-12-14-24(25)27)15-16-26(7,8)29;/h12-17,19-21,29H,18H2,1-11H3;1H/q+1;/p-1/b16-15+;. The number of aromatic nitrogens is 1. The Labute approximate surface area is 209 Å². The molecule has 0 unspecified atom stereocenters. The van der Waals surface area contributed by atoms with Crippen LogP contribution in [0.4, 0.5) is 0 Å². The Morgan fingerprint density at radius 3 is 1.94 bits per heavy atom. The Morgan fingerprint density at radius 1 is 1.00 bits per heavy atom. The summed E-state index contributed by atoms with van der Waals surface area (Å²) in [7, 11) is 4.91. The smallest absolute Gasteiger partial charge is 0.169 e. The molecule has 176 valence electrons. The molecule has 0 atom stereocenters. The molecule has 1 aromatic carbocycles. The third kappa shape index (κ3) is 6.04. The van der Waals surface area contributed by atoms with Gasteiger partial charge in [0.2, 0.25) is 0 Å². The molecule has 1 N–H and O–H groups in total. The van der Waals surface area contributed by atoms with Crippen molar-refractivity contribution in [3.63, 3.8) is 0 Å². The van der Waals surface area contributed by atoms with Crippen LogP contribution in [-0.4, -0.2) is 48.8 Å². The van der Waals surface area contributed by atoms with Crippen molar-refractivity contribution in [2.24, 2.45) is 0 Å². The maximum absolute atomic E-state index is 10.3. The Balaban J connectivity index is 0.00000480. The summed E-state index contributed by atoms with van der Waals surface area (Å²) in [5.74, 6) is 0. The van der Waals surface area contributed by atoms with Crippen LogP contribution >= 0.6 is 0 Å². The van der Waals surface area contributed by atoms with E-state index in [0.717, 1.165) is 11.0 Å². The number of hydrogen-bond acceptors (Lipinski definition) is 1. The number of aliphatic hydroxyl groups is 1. The fraction of sp³-hybridized carbons (Fsp3) is 0.615. The monoisotopic (exact) mass is 556 g/mol. The lowest BCUT2D eigenvalue weighted by Gasteiger charge is -2.44. The highest BCUT2D eigenvalue weighted by Crippen LogP contribution is 2.45. The van der Waals surface area contributed by atoms with Crippen LogP contribution in [0.5, 0.6) is 0 Å². The van der Waals surface area contributed by atoms with E-state index in [-0.39, 0.29) is 24.0 Å². The van der Waals surface area contributed by atoms with E-state index in [1.165, 1.54) is 22.0 Å². The Kier molecular flexibility index (Phi) is 9.25. The van der Waals surface area contributed by atoms with Crippen molar-refractivity contribution in [3.8, 4) is 0 Å². The summed E-state index contributed by atoms with van der Waals surface area (Å²) in [5, 5.41) is 11.6. The van der Waals surface area contributed by atoms with Crippen LogP contribution in [0.15, 0.2) is 30.5 Å². The maximum Gasteiger partial charge on any atom is 0.169 e. The largest absolute Gasteiger partial charge is 1.00 e. The molecule has 0 aliphatic carbocycles. The van der Waals surface area contributed by atoms with E-state index in [0.29, 0.717) is 16.6 Å². The quantitative estimate of drug-likeness (QED) is 0.300. The molecule has 0 bridgehead atoms. The number of rotatable bonds is 8. The van der Waals surface area contributed by atoms with E-state index < -0.39 is 13.8 Å². The van der Waals surface area contributed by atoms with E-state index in [9.17, 15) is 5.11 Å². The molecule has 0 radical (unpaired) electrons. The second kappa shape index (κ2) is 10.1. The molecule has 1 aromatic heterocycles. The number of halogens is 1. The van der Waals surface area contributed by atoms with E-state index >= 15 is 0 Å². The Morgan fingerprint density at radius 2 is 1.52 bits per heavy atom. The second-order valence-corrected chi connectivity index (χ2v) is 17.3. The summed E-state index contributed by atoms with van der Waals surface area (Å²) < 4.78 is 3.62. The minimum Gasteiger partial charge on any atom is -1.00 e. The van der Waals surface area contributed by atoms with Gasteiger partial charge in [0, 0.05) is 22.7 Å². The van der Waals surface area contributed by atoms with E-state index in [4.69, 9.17) is 0 Å². The van der Waals surface area contributed by atoms with Gasteiger partial charge in [-0.2, -0.15) is 0 Å². The molecule has 2 aromatic rings. The van der Waals surface area contributed by atoms with E-state index in [2.05, 4.69) is 97.4 Å². The van der Waals surface area contributed by atoms with Crippen LogP contribution in [0.2, 0.25) is 16.6 Å². The van der Waals surface area contributed by atoms with Gasteiger partial charge in [0.1, 0.15) is 6.54 Å². The predicted octanol–water partition coefficient (Wildman–Crippen LogP) is 3.66. The highest BCUT2D eigenvalue weighted by Gasteiger charge is 2.46. The van der Waals surface area contributed by atoms with Gasteiger partial charge >= 0.3 is 0 Å². The number of fused-ring (bicyclic) bond motifs is 1. The molecule has 0 saturated carbocycles. The third-order valence-electron chi connectivity index (χ3n) is 6.45. The lowest BCUT2D eigenvalue weighted by Crippen LogP contribution is -3.00. The molecular formula is C26H45IN2OSi. The number of benzene rings is 1. The lowest BCUT2D eigenvalue weighted by molar-refractivity contribution is -0.883. The molecule has 0 aliphatic heterocycles. The fourth-order valence-corrected chi connectivity index (χ4v) is 12.3. The normalized spacial score (nSPS) is 13.8. The first kappa shape index (κ1) is 28.4. The van der Waals surface area contributed by atoms with Gasteiger partial charge in [-0.3, -0.25) is 0 Å². The zero-order chi connectivity index (χ0) is 23.1. The summed E-state index contributed by atoms with van der Waals surface area (Å²) in [6.07, 6.45) is 6.50. The first-order valence-corrected chi connectivity index (χ1v) is 13.6. The first-order valence-electron chi connectivity index (χ1n) is 11.5. The van der Waals surface area contributed by atoms with E-state index in [1.54, 1.807) is 0 Å². The van der Waals surface area contributed by atoms with Gasteiger partial charge in [0.05, 0.1) is 26.7 Å². The average molecular weight is 557 g/mol. The number of quaternary nitrogens is 1. The second-order valence-electron chi connectivity index (χ2n) is 11.6. The zero-order valence-corrected chi connectivity index (χ0v) is 24.8. The van der Waals surface area contributed by atoms with Crippen molar-refractivity contribution in [1.29, 1.82) is 0 Å². The topological polar surface area (TPSA) is 25.2 Å². The van der Waals surface area contributed by atoms with Crippen molar-refractivity contribution in [3.05, 3.63) is 41.6 Å². The summed E-state index contributed by atoms with van der Waals surface area (Å²) in [6.45, 7) is 19.2. The minimum absolute atomic E-state index is 0. The molecule has 1 heterocycles. The SMILES string of the molecule is CC(C)[Si](C(C)C)(C(C)C)n1cc(C[N+](C)(C)C)c2c(/C=C/C(C)(C)O)cccc21.[I-]. The van der Waals surface area contributed by atoms with Crippen molar-refractivity contribution in [2.45, 2.75) is 84.2 Å². The molecule has 3 nitrogen and oxygen atoms in total. The van der Waals surface area contributed by atoms with Gasteiger partial charge in [-0.15, -0.1) is 0 Å². The Hall–Kier alpha value is -0.633. The van der Waals surface area contributed by atoms with Gasteiger partial charge in [-0.1, -0.05) is 65.8 Å². The highest BCUT2D eigenvalue weighted by atomic mass is 127. The molecule has 0 amide bonds. The van der Waals surface area contributed by atoms with E-state index in [1.807, 2.05) is 19.9 Å². The lowest BCUT2D eigenvalue weighted by atomic mass is 10.0. The van der Waals surface area contributed by atoms with Gasteiger partial charge in [0.25, 0.3) is 0 Å². The number of hydrogen-bond donors (Lipinski definition) is 1. The van der Waals surface area contributed by atoms with Gasteiger partial charge in [-0.25, -0.2) is 0 Å². The third-order valence-corrected chi connectivity index (χ3v) is 13.2. The molecule has 2 rings (SSSR count). The molecule has 0 fully saturated rings. The van der Waals surface area contributed by atoms with Crippen LogP contribution in [0.1, 0.15) is 66.5 Å². The maximum atomic E-state index is 10.3. The van der Waals surface area contributed by atoms with Crippen LogP contribution < -0.4 is 24.0 Å². The molecule has 0 aliphatic rings. The molecule has 0 spiro atoms. The van der Waals surface area contributed by atoms with Crippen LogP contribution in [0.25, 0.3) is 17.0 Å². The molecule has 0 saturated heterocycles. The number of nitrogens with zero attached hydrogens (tertiary/aromatic N) is 2. The van der Waals surface area contributed by atoms with Crippen molar-refractivity contribution in [1.82, 2.24) is 4.23 Å². The fourth-order valence-electron chi connectivity index (χ4n) is 5.62.